The van der Waals surface area contributed by atoms with E-state index in [4.69, 9.17) is 0 Å². The van der Waals surface area contributed by atoms with Crippen LogP contribution in [0.3, 0.4) is 0 Å². The fourth-order valence-electron chi connectivity index (χ4n) is 5.54. The van der Waals surface area contributed by atoms with E-state index in [1.807, 2.05) is 24.3 Å². The molecule has 0 spiro atoms. The molecule has 4 aromatic carbocycles. The Kier molecular flexibility index (Phi) is 5.03. The van der Waals surface area contributed by atoms with Crippen molar-refractivity contribution in [3.63, 3.8) is 0 Å². The minimum absolute atomic E-state index is 0.279. The third-order valence-electron chi connectivity index (χ3n) is 6.95. The van der Waals surface area contributed by atoms with Crippen molar-refractivity contribution in [2.75, 3.05) is 0 Å². The van der Waals surface area contributed by atoms with Crippen LogP contribution in [0.25, 0.3) is 0 Å². The molecule has 4 aromatic rings. The SMILES string of the molecule is O=C1C(c2ccccc2)(c2ccccc2)CCCC1(c1ccccc1)c1ccccc1. The van der Waals surface area contributed by atoms with E-state index >= 15 is 0 Å². The molecular formula is C30H26O. The maximum absolute atomic E-state index is 15.0. The molecule has 0 saturated heterocycles. The largest absolute Gasteiger partial charge is 0.297 e. The standard InChI is InChI=1S/C30H26O/c31-28-29(24-14-5-1-6-15-24,25-16-7-2-8-17-25)22-13-23-30(28,26-18-9-3-10-19-26)27-20-11-4-12-21-27/h1-12,14-21H,13,22-23H2. The van der Waals surface area contributed by atoms with Crippen LogP contribution in [0, 0.1) is 0 Å². The van der Waals surface area contributed by atoms with E-state index in [1.54, 1.807) is 0 Å². The summed E-state index contributed by atoms with van der Waals surface area (Å²) in [6, 6.07) is 41.5. The van der Waals surface area contributed by atoms with Crippen LogP contribution in [0.2, 0.25) is 0 Å². The summed E-state index contributed by atoms with van der Waals surface area (Å²) < 4.78 is 0. The predicted octanol–water partition coefficient (Wildman–Crippen LogP) is 6.71. The molecule has 31 heavy (non-hydrogen) atoms. The van der Waals surface area contributed by atoms with Gasteiger partial charge in [-0.25, -0.2) is 0 Å². The number of carbonyl (C=O) groups is 1. The Morgan fingerprint density at radius 3 is 0.935 bits per heavy atom. The first-order chi connectivity index (χ1) is 15.3. The van der Waals surface area contributed by atoms with Crippen LogP contribution in [-0.2, 0) is 15.6 Å². The monoisotopic (exact) mass is 402 g/mol. The number of hydrogen-bond donors (Lipinski definition) is 0. The topological polar surface area (TPSA) is 17.1 Å². The summed E-state index contributed by atoms with van der Waals surface area (Å²) >= 11 is 0. The molecule has 1 aliphatic carbocycles. The molecule has 0 amide bonds. The quantitative estimate of drug-likeness (QED) is 0.371. The van der Waals surface area contributed by atoms with Gasteiger partial charge in [-0.15, -0.1) is 0 Å². The van der Waals surface area contributed by atoms with Crippen molar-refractivity contribution in [3.8, 4) is 0 Å². The highest BCUT2D eigenvalue weighted by atomic mass is 16.1. The van der Waals surface area contributed by atoms with Gasteiger partial charge in [0.05, 0.1) is 10.8 Å². The highest BCUT2D eigenvalue weighted by molar-refractivity contribution is 6.05. The molecule has 152 valence electrons. The first kappa shape index (κ1) is 19.5. The highest BCUT2D eigenvalue weighted by Gasteiger charge is 2.56. The Morgan fingerprint density at radius 1 is 0.419 bits per heavy atom. The maximum atomic E-state index is 15.0. The lowest BCUT2D eigenvalue weighted by atomic mass is 9.52. The smallest absolute Gasteiger partial charge is 0.162 e. The molecule has 1 saturated carbocycles. The van der Waals surface area contributed by atoms with Crippen LogP contribution in [0.1, 0.15) is 41.5 Å². The van der Waals surface area contributed by atoms with E-state index < -0.39 is 10.8 Å². The van der Waals surface area contributed by atoms with Crippen LogP contribution in [0.15, 0.2) is 121 Å². The summed E-state index contributed by atoms with van der Waals surface area (Å²) in [5.74, 6) is 0.279. The molecule has 0 aromatic heterocycles. The van der Waals surface area contributed by atoms with E-state index in [0.29, 0.717) is 0 Å². The van der Waals surface area contributed by atoms with E-state index in [1.165, 1.54) is 0 Å². The van der Waals surface area contributed by atoms with E-state index in [2.05, 4.69) is 97.1 Å². The molecule has 5 rings (SSSR count). The van der Waals surface area contributed by atoms with Gasteiger partial charge < -0.3 is 0 Å². The van der Waals surface area contributed by atoms with Gasteiger partial charge in [-0.05, 0) is 35.1 Å². The lowest BCUT2D eigenvalue weighted by molar-refractivity contribution is -0.130. The number of benzene rings is 4. The molecule has 1 aliphatic rings. The van der Waals surface area contributed by atoms with Gasteiger partial charge in [0.15, 0.2) is 5.78 Å². The van der Waals surface area contributed by atoms with E-state index in [-0.39, 0.29) is 5.78 Å². The minimum atomic E-state index is -0.674. The molecule has 0 unspecified atom stereocenters. The Bertz CT molecular complexity index is 976. The van der Waals surface area contributed by atoms with Crippen molar-refractivity contribution in [2.24, 2.45) is 0 Å². The minimum Gasteiger partial charge on any atom is -0.297 e. The molecule has 0 heterocycles. The first-order valence-corrected chi connectivity index (χ1v) is 11.1. The highest BCUT2D eigenvalue weighted by Crippen LogP contribution is 2.52. The second kappa shape index (κ2) is 8.00. The van der Waals surface area contributed by atoms with Crippen molar-refractivity contribution < 1.29 is 4.79 Å². The molecule has 0 radical (unpaired) electrons. The predicted molar refractivity (Wildman–Crippen MR) is 126 cm³/mol. The number of Topliss-reactive ketones (excluding diaryl/α,β-unsaturated/α-hetero) is 1. The van der Waals surface area contributed by atoms with Gasteiger partial charge in [-0.3, -0.25) is 4.79 Å². The summed E-state index contributed by atoms with van der Waals surface area (Å²) in [4.78, 5) is 15.0. The number of hydrogen-bond acceptors (Lipinski definition) is 1. The molecule has 0 N–H and O–H groups in total. The summed E-state index contributed by atoms with van der Waals surface area (Å²) in [5.41, 5.74) is 2.99. The molecular weight excluding hydrogens is 376 g/mol. The van der Waals surface area contributed by atoms with Gasteiger partial charge in [0, 0.05) is 0 Å². The lowest BCUT2D eigenvalue weighted by Gasteiger charge is -2.48. The number of ketones is 1. The van der Waals surface area contributed by atoms with Crippen LogP contribution in [-0.4, -0.2) is 5.78 Å². The zero-order valence-electron chi connectivity index (χ0n) is 17.6. The summed E-state index contributed by atoms with van der Waals surface area (Å²) in [6.45, 7) is 0. The second-order valence-corrected chi connectivity index (χ2v) is 8.46. The average Bonchev–Trinajstić information content (AvgIpc) is 2.87. The summed E-state index contributed by atoms with van der Waals surface area (Å²) in [5, 5.41) is 0. The van der Waals surface area contributed by atoms with Gasteiger partial charge in [0.25, 0.3) is 0 Å². The van der Waals surface area contributed by atoms with Crippen molar-refractivity contribution in [1.29, 1.82) is 0 Å². The first-order valence-electron chi connectivity index (χ1n) is 11.1. The summed E-state index contributed by atoms with van der Waals surface area (Å²) in [6.07, 6.45) is 2.61. The zero-order valence-corrected chi connectivity index (χ0v) is 17.6. The number of rotatable bonds is 4. The Hall–Kier alpha value is -3.45. The second-order valence-electron chi connectivity index (χ2n) is 8.46. The third kappa shape index (κ3) is 3.04. The van der Waals surface area contributed by atoms with Gasteiger partial charge in [-0.2, -0.15) is 0 Å². The normalized spacial score (nSPS) is 17.2. The van der Waals surface area contributed by atoms with Crippen molar-refractivity contribution in [2.45, 2.75) is 30.1 Å². The third-order valence-corrected chi connectivity index (χ3v) is 6.95. The molecule has 0 aliphatic heterocycles. The van der Waals surface area contributed by atoms with Gasteiger partial charge in [0.2, 0.25) is 0 Å². The zero-order chi connectivity index (χ0) is 21.2. The van der Waals surface area contributed by atoms with E-state index in [9.17, 15) is 4.79 Å². The molecule has 1 heteroatoms. The maximum Gasteiger partial charge on any atom is 0.162 e. The average molecular weight is 403 g/mol. The lowest BCUT2D eigenvalue weighted by Crippen LogP contribution is -2.53. The molecule has 1 nitrogen and oxygen atoms in total. The van der Waals surface area contributed by atoms with Crippen molar-refractivity contribution in [1.82, 2.24) is 0 Å². The summed E-state index contributed by atoms with van der Waals surface area (Å²) in [7, 11) is 0. The van der Waals surface area contributed by atoms with Crippen LogP contribution < -0.4 is 0 Å². The number of carbonyl (C=O) groups excluding carboxylic acids is 1. The molecule has 0 atom stereocenters. The Morgan fingerprint density at radius 2 is 0.677 bits per heavy atom. The van der Waals surface area contributed by atoms with Crippen LogP contribution >= 0.6 is 0 Å². The van der Waals surface area contributed by atoms with Gasteiger partial charge in [-0.1, -0.05) is 128 Å². The fraction of sp³-hybridized carbons (Fsp3) is 0.167. The van der Waals surface area contributed by atoms with E-state index in [0.717, 1.165) is 41.5 Å². The van der Waals surface area contributed by atoms with Crippen LogP contribution in [0.5, 0.6) is 0 Å². The molecule has 1 fully saturated rings. The molecule has 0 bridgehead atoms. The fourth-order valence-corrected chi connectivity index (χ4v) is 5.54. The Balaban J connectivity index is 1.82. The van der Waals surface area contributed by atoms with Crippen molar-refractivity contribution >= 4 is 5.78 Å². The van der Waals surface area contributed by atoms with Gasteiger partial charge >= 0.3 is 0 Å². The Labute approximate surface area is 184 Å². The van der Waals surface area contributed by atoms with Crippen LogP contribution in [0.4, 0.5) is 0 Å². The van der Waals surface area contributed by atoms with Crippen molar-refractivity contribution in [3.05, 3.63) is 144 Å². The van der Waals surface area contributed by atoms with Gasteiger partial charge in [0.1, 0.15) is 0 Å².